The molecule has 1 aliphatic heterocycles. The van der Waals surface area contributed by atoms with E-state index in [1.165, 1.54) is 4.68 Å². The molecule has 0 bridgehead atoms. The number of hydrogen-bond acceptors (Lipinski definition) is 6. The van der Waals surface area contributed by atoms with E-state index in [1.54, 1.807) is 15.9 Å². The maximum absolute atomic E-state index is 12.8. The largest absolute Gasteiger partial charge is 0.387 e. The second kappa shape index (κ2) is 8.43. The predicted octanol–water partition coefficient (Wildman–Crippen LogP) is 2.34. The molecule has 0 fully saturated rings. The zero-order chi connectivity index (χ0) is 21.3. The van der Waals surface area contributed by atoms with E-state index in [0.29, 0.717) is 31.5 Å². The maximum Gasteiger partial charge on any atom is 0.346 e. The lowest BCUT2D eigenvalue weighted by molar-refractivity contribution is 0.0933. The van der Waals surface area contributed by atoms with Crippen molar-refractivity contribution in [2.75, 3.05) is 12.4 Å². The quantitative estimate of drug-likeness (QED) is 0.653. The zero-order valence-corrected chi connectivity index (χ0v) is 18.3. The normalized spacial score (nSPS) is 16.0. The number of thiazole rings is 1. The van der Waals surface area contributed by atoms with Gasteiger partial charge in [-0.1, -0.05) is 11.6 Å². The van der Waals surface area contributed by atoms with Gasteiger partial charge in [-0.2, -0.15) is 5.10 Å². The number of fused-ring (bicyclic) bond motifs is 1. The number of rotatable bonds is 5. The lowest BCUT2D eigenvalue weighted by Gasteiger charge is -2.18. The molecule has 8 nitrogen and oxygen atoms in total. The minimum Gasteiger partial charge on any atom is -0.387 e. The van der Waals surface area contributed by atoms with Gasteiger partial charge in [-0.3, -0.25) is 9.36 Å². The smallest absolute Gasteiger partial charge is 0.346 e. The van der Waals surface area contributed by atoms with Crippen molar-refractivity contribution in [3.8, 4) is 0 Å². The summed E-state index contributed by atoms with van der Waals surface area (Å²) in [5.74, 6) is 0.680. The van der Waals surface area contributed by atoms with Crippen molar-refractivity contribution in [3.05, 3.63) is 61.7 Å². The van der Waals surface area contributed by atoms with Crippen LogP contribution in [0.5, 0.6) is 0 Å². The van der Waals surface area contributed by atoms with Gasteiger partial charge in [0, 0.05) is 37.1 Å². The topological polar surface area (TPSA) is 93.8 Å². The summed E-state index contributed by atoms with van der Waals surface area (Å²) in [5.41, 5.74) is 3.23. The van der Waals surface area contributed by atoms with Gasteiger partial charge >= 0.3 is 5.69 Å². The number of anilines is 1. The first-order valence-electron chi connectivity index (χ1n) is 10.1. The van der Waals surface area contributed by atoms with Gasteiger partial charge in [-0.25, -0.2) is 14.5 Å². The monoisotopic (exact) mass is 426 g/mol. The fourth-order valence-electron chi connectivity index (χ4n) is 3.84. The molecular formula is C21H26N6O2S. The summed E-state index contributed by atoms with van der Waals surface area (Å²) in [6.07, 6.45) is 2.09. The molecule has 0 saturated carbocycles. The SMILES string of the molecule is CNc1ccc(C)cc1C(=O)NC1CCc2nn(Cc3csc(C)n3)c(=O)n2CC1. The first-order chi connectivity index (χ1) is 14.4. The standard InChI is InChI=1S/C21H26N6O2S/c1-13-4-6-18(22-3)17(10-13)20(28)24-15-5-7-19-25-27(21(29)26(19)9-8-15)11-16-12-30-14(2)23-16/h4,6,10,12,15,22H,5,7-9,11H2,1-3H3,(H,24,28). The Morgan fingerprint density at radius 2 is 2.13 bits per heavy atom. The number of benzene rings is 1. The van der Waals surface area contributed by atoms with Crippen LogP contribution in [-0.2, 0) is 19.5 Å². The molecule has 2 aromatic heterocycles. The summed E-state index contributed by atoms with van der Waals surface area (Å²) in [6.45, 7) is 4.86. The summed E-state index contributed by atoms with van der Waals surface area (Å²) in [7, 11) is 1.81. The van der Waals surface area contributed by atoms with Crippen LogP contribution in [0, 0.1) is 13.8 Å². The van der Waals surface area contributed by atoms with E-state index in [4.69, 9.17) is 0 Å². The number of aromatic nitrogens is 4. The Balaban J connectivity index is 1.44. The van der Waals surface area contributed by atoms with E-state index in [1.807, 2.05) is 44.5 Å². The van der Waals surface area contributed by atoms with Crippen molar-refractivity contribution in [1.82, 2.24) is 24.6 Å². The van der Waals surface area contributed by atoms with Crippen molar-refractivity contribution in [1.29, 1.82) is 0 Å². The van der Waals surface area contributed by atoms with Crippen LogP contribution >= 0.6 is 11.3 Å². The van der Waals surface area contributed by atoms with Crippen LogP contribution in [0.25, 0.3) is 0 Å². The number of amides is 1. The maximum atomic E-state index is 12.8. The van der Waals surface area contributed by atoms with Gasteiger partial charge in [-0.15, -0.1) is 11.3 Å². The molecule has 1 atom stereocenters. The number of carbonyl (C=O) groups is 1. The summed E-state index contributed by atoms with van der Waals surface area (Å²) < 4.78 is 3.23. The van der Waals surface area contributed by atoms with Gasteiger partial charge in [0.1, 0.15) is 5.82 Å². The number of carbonyl (C=O) groups excluding carboxylic acids is 1. The van der Waals surface area contributed by atoms with Crippen molar-refractivity contribution in [2.45, 2.75) is 52.2 Å². The molecule has 1 aromatic carbocycles. The third kappa shape index (κ3) is 4.16. The van der Waals surface area contributed by atoms with E-state index in [-0.39, 0.29) is 17.6 Å². The number of nitrogens with zero attached hydrogens (tertiary/aromatic N) is 4. The molecular weight excluding hydrogens is 400 g/mol. The zero-order valence-electron chi connectivity index (χ0n) is 17.4. The molecule has 1 amide bonds. The summed E-state index contributed by atoms with van der Waals surface area (Å²) in [6, 6.07) is 5.78. The Morgan fingerprint density at radius 1 is 1.30 bits per heavy atom. The van der Waals surface area contributed by atoms with Crippen LogP contribution in [0.15, 0.2) is 28.4 Å². The fourth-order valence-corrected chi connectivity index (χ4v) is 4.44. The van der Waals surface area contributed by atoms with Crippen molar-refractivity contribution >= 4 is 22.9 Å². The first-order valence-corrected chi connectivity index (χ1v) is 11.0. The van der Waals surface area contributed by atoms with Gasteiger partial charge in [0.05, 0.1) is 22.8 Å². The van der Waals surface area contributed by atoms with Gasteiger partial charge in [0.25, 0.3) is 5.91 Å². The van der Waals surface area contributed by atoms with Gasteiger partial charge in [0.2, 0.25) is 0 Å². The molecule has 4 rings (SSSR count). The second-order valence-corrected chi connectivity index (χ2v) is 8.72. The molecule has 0 spiro atoms. The fraction of sp³-hybridized carbons (Fsp3) is 0.429. The van der Waals surface area contributed by atoms with Gasteiger partial charge < -0.3 is 10.6 Å². The van der Waals surface area contributed by atoms with Crippen LogP contribution in [0.4, 0.5) is 5.69 Å². The predicted molar refractivity (Wildman–Crippen MR) is 117 cm³/mol. The van der Waals surface area contributed by atoms with E-state index in [9.17, 15) is 9.59 Å². The van der Waals surface area contributed by atoms with Crippen LogP contribution in [0.1, 0.15) is 45.3 Å². The lowest BCUT2D eigenvalue weighted by Crippen LogP contribution is -2.36. The van der Waals surface area contributed by atoms with Crippen LogP contribution in [-0.4, -0.2) is 38.3 Å². The average molecular weight is 427 g/mol. The number of nitrogens with one attached hydrogen (secondary N) is 2. The highest BCUT2D eigenvalue weighted by Gasteiger charge is 2.23. The summed E-state index contributed by atoms with van der Waals surface area (Å²) in [4.78, 5) is 30.1. The average Bonchev–Trinajstić information content (AvgIpc) is 3.19. The van der Waals surface area contributed by atoms with Crippen LogP contribution in [0.2, 0.25) is 0 Å². The van der Waals surface area contributed by atoms with Crippen LogP contribution in [0.3, 0.4) is 0 Å². The minimum absolute atomic E-state index is 0.00143. The minimum atomic E-state index is -0.112. The van der Waals surface area contributed by atoms with E-state index >= 15 is 0 Å². The molecule has 1 unspecified atom stereocenters. The third-order valence-electron chi connectivity index (χ3n) is 5.42. The molecule has 0 aliphatic carbocycles. The molecule has 0 saturated heterocycles. The molecule has 1 aliphatic rings. The van der Waals surface area contributed by atoms with E-state index in [2.05, 4.69) is 20.7 Å². The van der Waals surface area contributed by atoms with Crippen molar-refractivity contribution < 1.29 is 4.79 Å². The Morgan fingerprint density at radius 3 is 2.87 bits per heavy atom. The van der Waals surface area contributed by atoms with Crippen LogP contribution < -0.4 is 16.3 Å². The van der Waals surface area contributed by atoms with E-state index < -0.39 is 0 Å². The molecule has 3 heterocycles. The Kier molecular flexibility index (Phi) is 5.72. The first kappa shape index (κ1) is 20.3. The Labute approximate surface area is 179 Å². The molecule has 2 N–H and O–H groups in total. The van der Waals surface area contributed by atoms with E-state index in [0.717, 1.165) is 34.2 Å². The summed E-state index contributed by atoms with van der Waals surface area (Å²) >= 11 is 1.57. The van der Waals surface area contributed by atoms with Crippen molar-refractivity contribution in [3.63, 3.8) is 0 Å². The Hall–Kier alpha value is -2.94. The highest BCUT2D eigenvalue weighted by Crippen LogP contribution is 2.19. The molecule has 158 valence electrons. The van der Waals surface area contributed by atoms with Gasteiger partial charge in [0.15, 0.2) is 0 Å². The second-order valence-electron chi connectivity index (χ2n) is 7.66. The number of aryl methyl sites for hydroxylation is 3. The molecule has 3 aromatic rings. The number of hydrogen-bond donors (Lipinski definition) is 2. The van der Waals surface area contributed by atoms with Gasteiger partial charge in [-0.05, 0) is 38.8 Å². The summed E-state index contributed by atoms with van der Waals surface area (Å²) in [5, 5.41) is 13.7. The third-order valence-corrected chi connectivity index (χ3v) is 6.24. The Bertz CT molecular complexity index is 1130. The molecule has 0 radical (unpaired) electrons. The lowest BCUT2D eigenvalue weighted by atomic mass is 10.1. The molecule has 9 heteroatoms. The molecule has 30 heavy (non-hydrogen) atoms. The highest BCUT2D eigenvalue weighted by molar-refractivity contribution is 7.09. The highest BCUT2D eigenvalue weighted by atomic mass is 32.1. The van der Waals surface area contributed by atoms with Crippen molar-refractivity contribution in [2.24, 2.45) is 0 Å².